The van der Waals surface area contributed by atoms with Crippen LogP contribution in [0, 0.1) is 0 Å². The second-order valence-corrected chi connectivity index (χ2v) is 8.59. The van der Waals surface area contributed by atoms with Gasteiger partial charge in [-0.3, -0.25) is 9.78 Å². The first-order valence-electron chi connectivity index (χ1n) is 10.6. The molecule has 1 saturated heterocycles. The highest BCUT2D eigenvalue weighted by Gasteiger charge is 2.12. The first kappa shape index (κ1) is 22.4. The van der Waals surface area contributed by atoms with E-state index in [4.69, 9.17) is 4.42 Å². The summed E-state index contributed by atoms with van der Waals surface area (Å²) in [4.78, 5) is 16.3. The van der Waals surface area contributed by atoms with Gasteiger partial charge in [0.1, 0.15) is 11.5 Å². The Morgan fingerprint density at radius 3 is 3.17 bits per heavy atom. The van der Waals surface area contributed by atoms with Gasteiger partial charge in [-0.1, -0.05) is 12.8 Å². The van der Waals surface area contributed by atoms with Crippen molar-refractivity contribution in [3.05, 3.63) is 65.6 Å². The number of carbonyl (C=O) groups excluding carboxylic acids is 1. The van der Waals surface area contributed by atoms with Gasteiger partial charge in [-0.2, -0.15) is 0 Å². The minimum atomic E-state index is -0.109. The number of thioether (sulfide) groups is 1. The summed E-state index contributed by atoms with van der Waals surface area (Å²) in [6.07, 6.45) is 11.8. The van der Waals surface area contributed by atoms with Crippen molar-refractivity contribution in [2.24, 2.45) is 0 Å². The number of aromatic nitrogens is 1. The van der Waals surface area contributed by atoms with Crippen molar-refractivity contribution < 1.29 is 14.3 Å². The van der Waals surface area contributed by atoms with Gasteiger partial charge in [-0.15, -0.1) is 11.8 Å². The Hall–Kier alpha value is -2.25. The molecule has 1 amide bonds. The van der Waals surface area contributed by atoms with Crippen LogP contribution in [-0.4, -0.2) is 40.9 Å². The molecule has 2 aromatic heterocycles. The van der Waals surface area contributed by atoms with E-state index < -0.39 is 0 Å². The molecule has 0 radical (unpaired) electrons. The Morgan fingerprint density at radius 1 is 1.37 bits per heavy atom. The highest BCUT2D eigenvalue weighted by molar-refractivity contribution is 7.99. The minimum Gasteiger partial charge on any atom is -0.511 e. The van der Waals surface area contributed by atoms with Crippen LogP contribution in [0.5, 0.6) is 0 Å². The first-order chi connectivity index (χ1) is 14.7. The molecule has 0 saturated carbocycles. The van der Waals surface area contributed by atoms with Crippen molar-refractivity contribution in [3.63, 3.8) is 0 Å². The number of rotatable bonds is 10. The van der Waals surface area contributed by atoms with E-state index >= 15 is 0 Å². The normalized spacial score (nSPS) is 17.5. The monoisotopic (exact) mass is 429 g/mol. The van der Waals surface area contributed by atoms with Crippen molar-refractivity contribution in [1.82, 2.24) is 15.6 Å². The first-order valence-corrected chi connectivity index (χ1v) is 11.8. The molecule has 1 aliphatic heterocycles. The van der Waals surface area contributed by atoms with Gasteiger partial charge in [-0.25, -0.2) is 0 Å². The summed E-state index contributed by atoms with van der Waals surface area (Å²) in [5, 5.41) is 16.4. The maximum Gasteiger partial charge on any atom is 0.230 e. The van der Waals surface area contributed by atoms with E-state index in [2.05, 4.69) is 27.8 Å². The number of aliphatic hydroxyl groups excluding tert-OH is 1. The van der Waals surface area contributed by atoms with Crippen molar-refractivity contribution in [2.75, 3.05) is 18.8 Å². The highest BCUT2D eigenvalue weighted by atomic mass is 32.2. The van der Waals surface area contributed by atoms with E-state index in [9.17, 15) is 9.90 Å². The molecule has 0 aromatic carbocycles. The summed E-state index contributed by atoms with van der Waals surface area (Å²) >= 11 is 1.48. The summed E-state index contributed by atoms with van der Waals surface area (Å²) in [6.45, 7) is 1.23. The number of hydrogen-bond donors (Lipinski definition) is 3. The lowest BCUT2D eigenvalue weighted by Crippen LogP contribution is -2.30. The smallest absolute Gasteiger partial charge is 0.230 e. The van der Waals surface area contributed by atoms with E-state index in [0.717, 1.165) is 24.4 Å². The van der Waals surface area contributed by atoms with Crippen LogP contribution in [0.4, 0.5) is 0 Å². The Bertz CT molecular complexity index is 800. The zero-order valence-electron chi connectivity index (χ0n) is 17.3. The summed E-state index contributed by atoms with van der Waals surface area (Å²) < 4.78 is 5.23. The molecule has 3 N–H and O–H groups in total. The molecule has 1 aliphatic rings. The molecule has 7 heteroatoms. The molecular formula is C23H31N3O3S. The number of amides is 1. The number of furan rings is 1. The molecular weight excluding hydrogens is 398 g/mol. The molecule has 6 nitrogen and oxygen atoms in total. The minimum absolute atomic E-state index is 0.109. The van der Waals surface area contributed by atoms with Crippen LogP contribution in [0.15, 0.2) is 53.0 Å². The number of allylic oxidation sites excluding steroid dienone is 1. The fourth-order valence-electron chi connectivity index (χ4n) is 3.50. The van der Waals surface area contributed by atoms with Crippen LogP contribution in [-0.2, 0) is 23.4 Å². The molecule has 30 heavy (non-hydrogen) atoms. The van der Waals surface area contributed by atoms with Crippen molar-refractivity contribution in [3.8, 4) is 0 Å². The fraction of sp³-hybridized carbons (Fsp3) is 0.478. The maximum atomic E-state index is 11.9. The summed E-state index contributed by atoms with van der Waals surface area (Å²) in [7, 11) is 0. The average Bonchev–Trinajstić information content (AvgIpc) is 3.14. The zero-order valence-corrected chi connectivity index (χ0v) is 18.1. The van der Waals surface area contributed by atoms with Crippen LogP contribution in [0.1, 0.15) is 42.7 Å². The number of aliphatic hydroxyl groups is 1. The van der Waals surface area contributed by atoms with Gasteiger partial charge in [0, 0.05) is 24.4 Å². The number of nitrogens with one attached hydrogen (secondary N) is 2. The van der Waals surface area contributed by atoms with Gasteiger partial charge in [0.05, 0.1) is 24.3 Å². The lowest BCUT2D eigenvalue weighted by molar-refractivity contribution is -0.118. The molecule has 0 bridgehead atoms. The average molecular weight is 430 g/mol. The Morgan fingerprint density at radius 2 is 2.30 bits per heavy atom. The predicted octanol–water partition coefficient (Wildman–Crippen LogP) is 3.78. The third-order valence-corrected chi connectivity index (χ3v) is 6.05. The number of hydrogen-bond acceptors (Lipinski definition) is 6. The molecule has 2 aromatic rings. The van der Waals surface area contributed by atoms with Crippen LogP contribution in [0.2, 0.25) is 0 Å². The topological polar surface area (TPSA) is 87.4 Å². The van der Waals surface area contributed by atoms with Crippen molar-refractivity contribution in [2.45, 2.75) is 50.3 Å². The molecule has 1 fully saturated rings. The Kier molecular flexibility index (Phi) is 9.31. The molecule has 1 unspecified atom stereocenters. The quantitative estimate of drug-likeness (QED) is 0.498. The lowest BCUT2D eigenvalue weighted by atomic mass is 10.0. The Labute approximate surface area is 182 Å². The van der Waals surface area contributed by atoms with Gasteiger partial charge in [0.15, 0.2) is 0 Å². The second-order valence-electron chi connectivity index (χ2n) is 7.61. The van der Waals surface area contributed by atoms with Gasteiger partial charge in [0.2, 0.25) is 5.91 Å². The lowest BCUT2D eigenvalue weighted by Gasteiger charge is -2.15. The third kappa shape index (κ3) is 8.24. The summed E-state index contributed by atoms with van der Waals surface area (Å²) in [5.41, 5.74) is 2.20. The number of carbonyl (C=O) groups is 1. The van der Waals surface area contributed by atoms with E-state index in [1.54, 1.807) is 12.3 Å². The fourth-order valence-corrected chi connectivity index (χ4v) is 4.25. The van der Waals surface area contributed by atoms with Gasteiger partial charge in [-0.05, 0) is 61.7 Å². The van der Waals surface area contributed by atoms with E-state index in [-0.39, 0.29) is 18.2 Å². The Balaban J connectivity index is 1.38. The van der Waals surface area contributed by atoms with Gasteiger partial charge in [0.25, 0.3) is 0 Å². The standard InChI is InChI=1S/C23H31N3O3S/c27-21(15-26-23(28)17-30-16-22-6-4-12-29-22)8-7-20-14-18(9-11-25-20)13-19-5-2-1-3-10-24-19/h4,6,8-9,11-12,14,19,24,27H,1-3,5,7,10,13,15-17H2,(H,26,28). The third-order valence-electron chi connectivity index (χ3n) is 5.10. The number of pyridine rings is 1. The van der Waals surface area contributed by atoms with Gasteiger partial charge >= 0.3 is 0 Å². The van der Waals surface area contributed by atoms with E-state index in [1.807, 2.05) is 18.3 Å². The maximum absolute atomic E-state index is 11.9. The summed E-state index contributed by atoms with van der Waals surface area (Å²) in [6, 6.07) is 8.43. The summed E-state index contributed by atoms with van der Waals surface area (Å²) in [5.74, 6) is 1.87. The molecule has 0 spiro atoms. The second kappa shape index (κ2) is 12.4. The largest absolute Gasteiger partial charge is 0.511 e. The molecule has 3 rings (SSSR count). The van der Waals surface area contributed by atoms with Crippen LogP contribution < -0.4 is 10.6 Å². The zero-order chi connectivity index (χ0) is 21.0. The molecule has 3 heterocycles. The van der Waals surface area contributed by atoms with Gasteiger partial charge < -0.3 is 20.2 Å². The number of nitrogens with zero attached hydrogens (tertiary/aromatic N) is 1. The highest BCUT2D eigenvalue weighted by Crippen LogP contribution is 2.14. The van der Waals surface area contributed by atoms with Crippen molar-refractivity contribution in [1.29, 1.82) is 0 Å². The molecule has 162 valence electrons. The van der Waals surface area contributed by atoms with Crippen LogP contribution in [0.3, 0.4) is 0 Å². The van der Waals surface area contributed by atoms with Crippen LogP contribution >= 0.6 is 11.8 Å². The molecule has 0 aliphatic carbocycles. The van der Waals surface area contributed by atoms with E-state index in [0.29, 0.717) is 24.0 Å². The van der Waals surface area contributed by atoms with Crippen LogP contribution in [0.25, 0.3) is 0 Å². The van der Waals surface area contributed by atoms with Crippen molar-refractivity contribution >= 4 is 17.7 Å². The molecule has 1 atom stereocenters. The SMILES string of the molecule is O=C(CSCc1ccco1)NCC(O)=CCc1cc(CC2CCCCCN2)ccn1. The predicted molar refractivity (Wildman–Crippen MR) is 120 cm³/mol. The van der Waals surface area contributed by atoms with E-state index in [1.165, 1.54) is 43.0 Å².